The Kier molecular flexibility index (Phi) is 4.16. The van der Waals surface area contributed by atoms with Crippen LogP contribution in [0.2, 0.25) is 4.34 Å². The number of hydrogen-bond acceptors (Lipinski definition) is 5. The van der Waals surface area contributed by atoms with Crippen LogP contribution in [-0.2, 0) is 13.1 Å². The third-order valence-electron chi connectivity index (χ3n) is 2.91. The van der Waals surface area contributed by atoms with E-state index in [1.54, 1.807) is 22.2 Å². The molecule has 104 valence electrons. The highest BCUT2D eigenvalue weighted by Crippen LogP contribution is 2.20. The molecule has 3 aromatic rings. The summed E-state index contributed by atoms with van der Waals surface area (Å²) in [6.45, 7) is 2.09. The molecule has 0 saturated heterocycles. The van der Waals surface area contributed by atoms with Crippen molar-refractivity contribution in [3.05, 3.63) is 49.5 Å². The SMILES string of the molecule is O=c1c2ccsc2ncn1CCNCc1ccc(Cl)s1. The van der Waals surface area contributed by atoms with Gasteiger partial charge in [-0.15, -0.1) is 22.7 Å². The second kappa shape index (κ2) is 6.05. The van der Waals surface area contributed by atoms with Crippen LogP contribution in [0, 0.1) is 0 Å². The molecule has 4 nitrogen and oxygen atoms in total. The Labute approximate surface area is 128 Å². The maximum Gasteiger partial charge on any atom is 0.262 e. The summed E-state index contributed by atoms with van der Waals surface area (Å²) in [5.41, 5.74) is 0.0252. The summed E-state index contributed by atoms with van der Waals surface area (Å²) in [4.78, 5) is 18.4. The zero-order chi connectivity index (χ0) is 13.9. The molecule has 3 aromatic heterocycles. The molecular weight excluding hydrogens is 314 g/mol. The Hall–Kier alpha value is -1.21. The number of halogens is 1. The van der Waals surface area contributed by atoms with Crippen molar-refractivity contribution in [2.45, 2.75) is 13.1 Å². The van der Waals surface area contributed by atoms with Gasteiger partial charge in [0, 0.05) is 24.5 Å². The number of thiophene rings is 2. The van der Waals surface area contributed by atoms with E-state index >= 15 is 0 Å². The van der Waals surface area contributed by atoms with Crippen LogP contribution in [0.4, 0.5) is 0 Å². The molecule has 7 heteroatoms. The highest BCUT2D eigenvalue weighted by molar-refractivity contribution is 7.16. The van der Waals surface area contributed by atoms with Gasteiger partial charge in [0.25, 0.3) is 5.56 Å². The summed E-state index contributed by atoms with van der Waals surface area (Å²) < 4.78 is 2.44. The van der Waals surface area contributed by atoms with Crippen molar-refractivity contribution in [3.8, 4) is 0 Å². The highest BCUT2D eigenvalue weighted by atomic mass is 35.5. The normalized spacial score (nSPS) is 11.2. The van der Waals surface area contributed by atoms with Crippen molar-refractivity contribution in [3.63, 3.8) is 0 Å². The Bertz CT molecular complexity index is 777. The van der Waals surface area contributed by atoms with Gasteiger partial charge < -0.3 is 5.32 Å². The average Bonchev–Trinajstić information content (AvgIpc) is 3.06. The maximum absolute atomic E-state index is 12.1. The Morgan fingerprint density at radius 1 is 1.35 bits per heavy atom. The standard InChI is InChI=1S/C13H12ClN3OS2/c14-11-2-1-9(20-11)7-15-4-5-17-8-16-12-10(13(17)18)3-6-19-12/h1-3,6,8,15H,4-5,7H2. The lowest BCUT2D eigenvalue weighted by molar-refractivity contribution is 0.585. The van der Waals surface area contributed by atoms with Crippen molar-refractivity contribution in [2.75, 3.05) is 6.54 Å². The molecule has 3 rings (SSSR count). The molecule has 0 fully saturated rings. The third kappa shape index (κ3) is 2.93. The molecule has 0 amide bonds. The first-order chi connectivity index (χ1) is 9.74. The van der Waals surface area contributed by atoms with Gasteiger partial charge in [0.1, 0.15) is 4.83 Å². The van der Waals surface area contributed by atoms with Crippen molar-refractivity contribution < 1.29 is 0 Å². The summed E-state index contributed by atoms with van der Waals surface area (Å²) in [5.74, 6) is 0. The molecule has 0 aliphatic heterocycles. The van der Waals surface area contributed by atoms with Crippen molar-refractivity contribution in [1.82, 2.24) is 14.9 Å². The quantitative estimate of drug-likeness (QED) is 0.734. The lowest BCUT2D eigenvalue weighted by atomic mass is 10.4. The zero-order valence-corrected chi connectivity index (χ0v) is 12.9. The third-order valence-corrected chi connectivity index (χ3v) is 4.96. The van der Waals surface area contributed by atoms with Gasteiger partial charge in [-0.3, -0.25) is 9.36 Å². The first-order valence-corrected chi connectivity index (χ1v) is 8.19. The number of rotatable bonds is 5. The summed E-state index contributed by atoms with van der Waals surface area (Å²) in [7, 11) is 0. The van der Waals surface area contributed by atoms with Gasteiger partial charge in [0.05, 0.1) is 16.0 Å². The second-order valence-electron chi connectivity index (χ2n) is 4.27. The zero-order valence-electron chi connectivity index (χ0n) is 10.5. The van der Waals surface area contributed by atoms with E-state index in [4.69, 9.17) is 11.6 Å². The maximum atomic E-state index is 12.1. The topological polar surface area (TPSA) is 46.9 Å². The minimum Gasteiger partial charge on any atom is -0.310 e. The van der Waals surface area contributed by atoms with E-state index in [0.717, 1.165) is 15.7 Å². The van der Waals surface area contributed by atoms with E-state index in [9.17, 15) is 4.79 Å². The van der Waals surface area contributed by atoms with E-state index in [-0.39, 0.29) is 5.56 Å². The van der Waals surface area contributed by atoms with Crippen molar-refractivity contribution >= 4 is 44.5 Å². The highest BCUT2D eigenvalue weighted by Gasteiger charge is 2.04. The van der Waals surface area contributed by atoms with E-state index in [0.29, 0.717) is 18.5 Å². The van der Waals surface area contributed by atoms with Gasteiger partial charge in [0.15, 0.2) is 0 Å². The molecule has 3 heterocycles. The molecule has 0 saturated carbocycles. The number of nitrogens with zero attached hydrogens (tertiary/aromatic N) is 2. The lowest BCUT2D eigenvalue weighted by Gasteiger charge is -2.06. The number of nitrogens with one attached hydrogen (secondary N) is 1. The molecule has 0 atom stereocenters. The summed E-state index contributed by atoms with van der Waals surface area (Å²) in [6.07, 6.45) is 1.62. The molecule has 0 unspecified atom stereocenters. The van der Waals surface area contributed by atoms with E-state index < -0.39 is 0 Å². The van der Waals surface area contributed by atoms with Crippen molar-refractivity contribution in [1.29, 1.82) is 0 Å². The smallest absolute Gasteiger partial charge is 0.262 e. The summed E-state index contributed by atoms with van der Waals surface area (Å²) in [5, 5.41) is 5.89. The predicted octanol–water partition coefficient (Wildman–Crippen LogP) is 2.96. The van der Waals surface area contributed by atoms with Gasteiger partial charge in [-0.25, -0.2) is 4.98 Å². The monoisotopic (exact) mass is 325 g/mol. The van der Waals surface area contributed by atoms with Crippen LogP contribution < -0.4 is 10.9 Å². The van der Waals surface area contributed by atoms with Crippen LogP contribution in [0.1, 0.15) is 4.88 Å². The lowest BCUT2D eigenvalue weighted by Crippen LogP contribution is -2.26. The molecule has 0 radical (unpaired) electrons. The second-order valence-corrected chi connectivity index (χ2v) is 6.96. The van der Waals surface area contributed by atoms with Crippen LogP contribution in [-0.4, -0.2) is 16.1 Å². The predicted molar refractivity (Wildman–Crippen MR) is 84.9 cm³/mol. The minimum absolute atomic E-state index is 0.0252. The minimum atomic E-state index is 0.0252. The molecule has 0 aliphatic rings. The van der Waals surface area contributed by atoms with Gasteiger partial charge in [-0.2, -0.15) is 0 Å². The number of aromatic nitrogens is 2. The Morgan fingerprint density at radius 3 is 3.05 bits per heavy atom. The first-order valence-electron chi connectivity index (χ1n) is 6.11. The molecule has 0 aromatic carbocycles. The fourth-order valence-electron chi connectivity index (χ4n) is 1.91. The van der Waals surface area contributed by atoms with Gasteiger partial charge >= 0.3 is 0 Å². The van der Waals surface area contributed by atoms with Gasteiger partial charge in [0.2, 0.25) is 0 Å². The van der Waals surface area contributed by atoms with Gasteiger partial charge in [-0.05, 0) is 23.6 Å². The summed E-state index contributed by atoms with van der Waals surface area (Å²) in [6, 6.07) is 5.72. The molecule has 20 heavy (non-hydrogen) atoms. The van der Waals surface area contributed by atoms with E-state index in [1.165, 1.54) is 16.2 Å². The molecule has 0 bridgehead atoms. The van der Waals surface area contributed by atoms with Crippen LogP contribution in [0.5, 0.6) is 0 Å². The number of hydrogen-bond donors (Lipinski definition) is 1. The summed E-state index contributed by atoms with van der Waals surface area (Å²) >= 11 is 8.92. The Balaban J connectivity index is 1.59. The van der Waals surface area contributed by atoms with Gasteiger partial charge in [-0.1, -0.05) is 11.6 Å². The molecular formula is C13H12ClN3OS2. The largest absolute Gasteiger partial charge is 0.310 e. The molecule has 0 spiro atoms. The van der Waals surface area contributed by atoms with Crippen LogP contribution in [0.15, 0.2) is 34.7 Å². The van der Waals surface area contributed by atoms with E-state index in [2.05, 4.69) is 10.3 Å². The van der Waals surface area contributed by atoms with Crippen LogP contribution in [0.25, 0.3) is 10.2 Å². The fourth-order valence-corrected chi connectivity index (χ4v) is 3.69. The van der Waals surface area contributed by atoms with Crippen LogP contribution in [0.3, 0.4) is 0 Å². The molecule has 1 N–H and O–H groups in total. The van der Waals surface area contributed by atoms with E-state index in [1.807, 2.05) is 23.6 Å². The first kappa shape index (κ1) is 13.8. The Morgan fingerprint density at radius 2 is 2.25 bits per heavy atom. The average molecular weight is 326 g/mol. The van der Waals surface area contributed by atoms with Crippen LogP contribution >= 0.6 is 34.3 Å². The fraction of sp³-hybridized carbons (Fsp3) is 0.231. The van der Waals surface area contributed by atoms with Crippen molar-refractivity contribution in [2.24, 2.45) is 0 Å². The number of fused-ring (bicyclic) bond motifs is 1. The molecule has 0 aliphatic carbocycles.